The van der Waals surface area contributed by atoms with Gasteiger partial charge in [-0.25, -0.2) is 0 Å². The molecule has 0 aliphatic heterocycles. The molecule has 2 atom stereocenters. The number of rotatable bonds is 7. The van der Waals surface area contributed by atoms with E-state index in [1.165, 1.54) is 5.56 Å². The van der Waals surface area contributed by atoms with Crippen LogP contribution in [0.4, 0.5) is 0 Å². The smallest absolute Gasteiger partial charge is 0.0549 e. The minimum Gasteiger partial charge on any atom is -0.382 e. The van der Waals surface area contributed by atoms with Gasteiger partial charge in [0.1, 0.15) is 0 Å². The van der Waals surface area contributed by atoms with Gasteiger partial charge in [0, 0.05) is 24.7 Å². The summed E-state index contributed by atoms with van der Waals surface area (Å²) in [6, 6.07) is 8.63. The monoisotopic (exact) mass is 269 g/mol. The number of ether oxygens (including phenoxy) is 1. The summed E-state index contributed by atoms with van der Waals surface area (Å²) < 4.78 is 5.38. The fraction of sp³-hybridized carbons (Fsp3) is 0.600. The van der Waals surface area contributed by atoms with Crippen LogP contribution >= 0.6 is 11.6 Å². The minimum absolute atomic E-state index is 0.264. The van der Waals surface area contributed by atoms with Gasteiger partial charge in [-0.05, 0) is 37.0 Å². The molecule has 18 heavy (non-hydrogen) atoms. The van der Waals surface area contributed by atoms with E-state index in [4.69, 9.17) is 16.3 Å². The zero-order valence-electron chi connectivity index (χ0n) is 11.7. The van der Waals surface area contributed by atoms with E-state index in [-0.39, 0.29) is 6.10 Å². The molecule has 0 amide bonds. The van der Waals surface area contributed by atoms with Crippen LogP contribution in [0.1, 0.15) is 38.7 Å². The Morgan fingerprint density at radius 1 is 1.17 bits per heavy atom. The Labute approximate surface area is 116 Å². The number of hydrogen-bond donors (Lipinski definition) is 1. The number of hydrogen-bond acceptors (Lipinski definition) is 2. The minimum atomic E-state index is 0.264. The lowest BCUT2D eigenvalue weighted by Crippen LogP contribution is -2.29. The van der Waals surface area contributed by atoms with Crippen molar-refractivity contribution in [3.8, 4) is 0 Å². The Hall–Kier alpha value is -0.570. The Bertz CT molecular complexity index is 337. The second-order valence-electron chi connectivity index (χ2n) is 5.09. The molecule has 0 saturated carbocycles. The van der Waals surface area contributed by atoms with E-state index < -0.39 is 0 Å². The summed E-state index contributed by atoms with van der Waals surface area (Å²) in [5, 5.41) is 4.29. The molecule has 2 unspecified atom stereocenters. The summed E-state index contributed by atoms with van der Waals surface area (Å²) >= 11 is 5.94. The molecule has 1 aromatic carbocycles. The number of halogens is 1. The molecule has 1 N–H and O–H groups in total. The molecule has 1 rings (SSSR count). The Morgan fingerprint density at radius 2 is 1.78 bits per heavy atom. The van der Waals surface area contributed by atoms with Crippen molar-refractivity contribution in [2.45, 2.75) is 45.3 Å². The SMILES string of the molecule is COC(C)CC(CNC(C)C)c1ccc(Cl)cc1. The zero-order valence-corrected chi connectivity index (χ0v) is 12.5. The Kier molecular flexibility index (Phi) is 6.69. The lowest BCUT2D eigenvalue weighted by molar-refractivity contribution is 0.104. The highest BCUT2D eigenvalue weighted by Gasteiger charge is 2.15. The van der Waals surface area contributed by atoms with Gasteiger partial charge in [0.15, 0.2) is 0 Å². The van der Waals surface area contributed by atoms with Crippen LogP contribution in [-0.4, -0.2) is 25.8 Å². The molecule has 0 bridgehead atoms. The molecule has 0 spiro atoms. The molecule has 1 aromatic rings. The molecule has 2 nitrogen and oxygen atoms in total. The standard InChI is InChI=1S/C15H24ClNO/c1-11(2)17-10-14(9-12(3)18-4)13-5-7-15(16)8-6-13/h5-8,11-12,14,17H,9-10H2,1-4H3. The van der Waals surface area contributed by atoms with Gasteiger partial charge in [-0.1, -0.05) is 37.6 Å². The molecule has 0 radical (unpaired) electrons. The molecular weight excluding hydrogens is 246 g/mol. The molecule has 0 aliphatic carbocycles. The first-order chi connectivity index (χ1) is 8.52. The molecule has 102 valence electrons. The van der Waals surface area contributed by atoms with Crippen molar-refractivity contribution in [1.29, 1.82) is 0 Å². The summed E-state index contributed by atoms with van der Waals surface area (Å²) in [6.45, 7) is 7.41. The van der Waals surface area contributed by atoms with Crippen LogP contribution in [0.2, 0.25) is 5.02 Å². The van der Waals surface area contributed by atoms with E-state index in [1.807, 2.05) is 12.1 Å². The maximum absolute atomic E-state index is 5.94. The second kappa shape index (κ2) is 7.78. The van der Waals surface area contributed by atoms with Crippen molar-refractivity contribution in [2.24, 2.45) is 0 Å². The van der Waals surface area contributed by atoms with Crippen molar-refractivity contribution in [1.82, 2.24) is 5.32 Å². The Balaban J connectivity index is 2.72. The lowest BCUT2D eigenvalue weighted by atomic mass is 9.93. The number of nitrogens with one attached hydrogen (secondary N) is 1. The van der Waals surface area contributed by atoms with Gasteiger partial charge in [0.25, 0.3) is 0 Å². The van der Waals surface area contributed by atoms with Crippen molar-refractivity contribution >= 4 is 11.6 Å². The van der Waals surface area contributed by atoms with E-state index >= 15 is 0 Å². The van der Waals surface area contributed by atoms with E-state index in [0.29, 0.717) is 12.0 Å². The molecule has 0 aliphatic rings. The second-order valence-corrected chi connectivity index (χ2v) is 5.53. The van der Waals surface area contributed by atoms with Crippen molar-refractivity contribution in [2.75, 3.05) is 13.7 Å². The van der Waals surface area contributed by atoms with Crippen LogP contribution < -0.4 is 5.32 Å². The fourth-order valence-corrected chi connectivity index (χ4v) is 2.07. The first-order valence-corrected chi connectivity index (χ1v) is 6.92. The maximum Gasteiger partial charge on any atom is 0.0549 e. The first kappa shape index (κ1) is 15.5. The molecule has 0 saturated heterocycles. The molecule has 0 aromatic heterocycles. The van der Waals surface area contributed by atoms with Gasteiger partial charge in [0.05, 0.1) is 6.10 Å². The van der Waals surface area contributed by atoms with Crippen LogP contribution in [0.3, 0.4) is 0 Å². The normalized spacial score (nSPS) is 14.8. The van der Waals surface area contributed by atoms with Crippen molar-refractivity contribution < 1.29 is 4.74 Å². The van der Waals surface area contributed by atoms with Crippen LogP contribution in [0.5, 0.6) is 0 Å². The van der Waals surface area contributed by atoms with E-state index in [9.17, 15) is 0 Å². The molecule has 3 heteroatoms. The van der Waals surface area contributed by atoms with Gasteiger partial charge in [-0.3, -0.25) is 0 Å². The summed E-state index contributed by atoms with van der Waals surface area (Å²) in [5.74, 6) is 0.458. The number of methoxy groups -OCH3 is 1. The Morgan fingerprint density at radius 3 is 2.28 bits per heavy atom. The van der Waals surface area contributed by atoms with Gasteiger partial charge in [-0.2, -0.15) is 0 Å². The maximum atomic E-state index is 5.94. The molecule has 0 heterocycles. The van der Waals surface area contributed by atoms with Crippen LogP contribution in [0, 0.1) is 0 Å². The highest BCUT2D eigenvalue weighted by atomic mass is 35.5. The molecule has 0 fully saturated rings. The highest BCUT2D eigenvalue weighted by molar-refractivity contribution is 6.30. The highest BCUT2D eigenvalue weighted by Crippen LogP contribution is 2.23. The summed E-state index contributed by atoms with van der Waals surface area (Å²) in [7, 11) is 1.76. The van der Waals surface area contributed by atoms with E-state index in [2.05, 4.69) is 38.2 Å². The summed E-state index contributed by atoms with van der Waals surface area (Å²) in [6.07, 6.45) is 1.28. The van der Waals surface area contributed by atoms with Gasteiger partial charge in [-0.15, -0.1) is 0 Å². The summed E-state index contributed by atoms with van der Waals surface area (Å²) in [5.41, 5.74) is 1.32. The van der Waals surface area contributed by atoms with E-state index in [0.717, 1.165) is 18.0 Å². The van der Waals surface area contributed by atoms with E-state index in [1.54, 1.807) is 7.11 Å². The topological polar surface area (TPSA) is 21.3 Å². The predicted octanol–water partition coefficient (Wildman–Crippen LogP) is 3.85. The van der Waals surface area contributed by atoms with Gasteiger partial charge in [0.2, 0.25) is 0 Å². The zero-order chi connectivity index (χ0) is 13.5. The average Bonchev–Trinajstić information content (AvgIpc) is 2.35. The molecular formula is C15H24ClNO. The van der Waals surface area contributed by atoms with Crippen LogP contribution in [0.15, 0.2) is 24.3 Å². The quantitative estimate of drug-likeness (QED) is 0.812. The van der Waals surface area contributed by atoms with Crippen LogP contribution in [0.25, 0.3) is 0 Å². The van der Waals surface area contributed by atoms with Crippen molar-refractivity contribution in [3.05, 3.63) is 34.9 Å². The van der Waals surface area contributed by atoms with Gasteiger partial charge >= 0.3 is 0 Å². The third kappa shape index (κ3) is 5.38. The summed E-state index contributed by atoms with van der Waals surface area (Å²) in [4.78, 5) is 0. The van der Waals surface area contributed by atoms with Crippen LogP contribution in [-0.2, 0) is 4.74 Å². The lowest BCUT2D eigenvalue weighted by Gasteiger charge is -2.22. The average molecular weight is 270 g/mol. The predicted molar refractivity (Wildman–Crippen MR) is 78.4 cm³/mol. The fourth-order valence-electron chi connectivity index (χ4n) is 1.95. The first-order valence-electron chi connectivity index (χ1n) is 6.54. The largest absolute Gasteiger partial charge is 0.382 e. The third-order valence-corrected chi connectivity index (χ3v) is 3.38. The van der Waals surface area contributed by atoms with Crippen molar-refractivity contribution in [3.63, 3.8) is 0 Å². The third-order valence-electron chi connectivity index (χ3n) is 3.13. The van der Waals surface area contributed by atoms with Gasteiger partial charge < -0.3 is 10.1 Å². The number of benzene rings is 1.